The van der Waals surface area contributed by atoms with Gasteiger partial charge in [0.1, 0.15) is 0 Å². The van der Waals surface area contributed by atoms with Crippen molar-refractivity contribution in [3.63, 3.8) is 0 Å². The molecule has 0 aliphatic carbocycles. The van der Waals surface area contributed by atoms with Crippen LogP contribution in [0, 0.1) is 6.92 Å². The molecule has 0 aliphatic rings. The Balaban J connectivity index is 2.03. The Labute approximate surface area is 108 Å². The van der Waals surface area contributed by atoms with Crippen molar-refractivity contribution >= 4 is 23.2 Å². The second-order valence-corrected chi connectivity index (χ2v) is 4.08. The highest BCUT2D eigenvalue weighted by Crippen LogP contribution is 2.17. The maximum Gasteiger partial charge on any atom is 0.253 e. The molecule has 1 amide bonds. The SMILES string of the molecule is Cc1nc(CNC(=O)c2ccc(Cl)cc2N)no1. The summed E-state index contributed by atoms with van der Waals surface area (Å²) in [6.07, 6.45) is 0. The molecule has 0 aliphatic heterocycles. The van der Waals surface area contributed by atoms with Crippen molar-refractivity contribution in [2.45, 2.75) is 13.5 Å². The summed E-state index contributed by atoms with van der Waals surface area (Å²) in [5.41, 5.74) is 6.38. The molecule has 0 bridgehead atoms. The smallest absolute Gasteiger partial charge is 0.253 e. The second-order valence-electron chi connectivity index (χ2n) is 3.64. The number of benzene rings is 1. The van der Waals surface area contributed by atoms with Crippen molar-refractivity contribution in [1.29, 1.82) is 0 Å². The molecular weight excluding hydrogens is 256 g/mol. The van der Waals surface area contributed by atoms with Crippen molar-refractivity contribution in [2.24, 2.45) is 0 Å². The summed E-state index contributed by atoms with van der Waals surface area (Å²) in [4.78, 5) is 15.8. The first-order chi connectivity index (χ1) is 8.56. The average molecular weight is 267 g/mol. The number of halogens is 1. The molecule has 7 heteroatoms. The Morgan fingerprint density at radius 2 is 2.33 bits per heavy atom. The number of rotatable bonds is 3. The summed E-state index contributed by atoms with van der Waals surface area (Å²) in [6, 6.07) is 4.69. The Morgan fingerprint density at radius 3 is 2.94 bits per heavy atom. The van der Waals surface area contributed by atoms with Crippen LogP contribution in [0.25, 0.3) is 0 Å². The molecule has 0 fully saturated rings. The van der Waals surface area contributed by atoms with E-state index in [0.717, 1.165) is 0 Å². The first kappa shape index (κ1) is 12.4. The maximum absolute atomic E-state index is 11.8. The number of amides is 1. The van der Waals surface area contributed by atoms with Crippen molar-refractivity contribution in [3.8, 4) is 0 Å². The normalized spacial score (nSPS) is 10.3. The van der Waals surface area contributed by atoms with E-state index in [1.54, 1.807) is 19.1 Å². The summed E-state index contributed by atoms with van der Waals surface area (Å²) in [7, 11) is 0. The molecule has 0 atom stereocenters. The number of carbonyl (C=O) groups excluding carboxylic acids is 1. The number of nitrogens with one attached hydrogen (secondary N) is 1. The number of carbonyl (C=O) groups is 1. The summed E-state index contributed by atoms with van der Waals surface area (Å²) >= 11 is 5.75. The fraction of sp³-hybridized carbons (Fsp3) is 0.182. The largest absolute Gasteiger partial charge is 0.398 e. The van der Waals surface area contributed by atoms with Gasteiger partial charge < -0.3 is 15.6 Å². The molecule has 0 spiro atoms. The lowest BCUT2D eigenvalue weighted by Crippen LogP contribution is -2.24. The predicted molar refractivity (Wildman–Crippen MR) is 66.1 cm³/mol. The van der Waals surface area contributed by atoms with Gasteiger partial charge in [0.2, 0.25) is 5.89 Å². The van der Waals surface area contributed by atoms with Crippen LogP contribution in [0.4, 0.5) is 5.69 Å². The number of hydrogen-bond donors (Lipinski definition) is 2. The van der Waals surface area contributed by atoms with Crippen LogP contribution < -0.4 is 11.1 Å². The minimum Gasteiger partial charge on any atom is -0.398 e. The molecule has 1 aromatic carbocycles. The molecule has 2 aromatic rings. The number of nitrogens with zero attached hydrogens (tertiary/aromatic N) is 2. The number of nitrogen functional groups attached to an aromatic ring is 1. The van der Waals surface area contributed by atoms with E-state index in [4.69, 9.17) is 21.9 Å². The van der Waals surface area contributed by atoms with E-state index < -0.39 is 0 Å². The maximum atomic E-state index is 11.8. The molecule has 1 heterocycles. The van der Waals surface area contributed by atoms with Gasteiger partial charge in [-0.1, -0.05) is 16.8 Å². The minimum absolute atomic E-state index is 0.179. The summed E-state index contributed by atoms with van der Waals surface area (Å²) < 4.78 is 4.79. The highest BCUT2D eigenvalue weighted by molar-refractivity contribution is 6.31. The number of anilines is 1. The van der Waals surface area contributed by atoms with Gasteiger partial charge in [0.15, 0.2) is 5.82 Å². The van der Waals surface area contributed by atoms with E-state index in [-0.39, 0.29) is 12.5 Å². The van der Waals surface area contributed by atoms with Crippen LogP contribution in [0.2, 0.25) is 5.02 Å². The van der Waals surface area contributed by atoms with Crippen LogP contribution in [-0.2, 0) is 6.54 Å². The first-order valence-electron chi connectivity index (χ1n) is 5.18. The zero-order chi connectivity index (χ0) is 13.1. The Hall–Kier alpha value is -2.08. The van der Waals surface area contributed by atoms with Crippen molar-refractivity contribution in [3.05, 3.63) is 40.5 Å². The van der Waals surface area contributed by atoms with Crippen molar-refractivity contribution in [2.75, 3.05) is 5.73 Å². The fourth-order valence-electron chi connectivity index (χ4n) is 1.41. The number of aromatic nitrogens is 2. The third kappa shape index (κ3) is 2.78. The van der Waals surface area contributed by atoms with Crippen molar-refractivity contribution in [1.82, 2.24) is 15.5 Å². The van der Waals surface area contributed by atoms with Gasteiger partial charge in [-0.05, 0) is 18.2 Å². The predicted octanol–water partition coefficient (Wildman–Crippen LogP) is 1.54. The van der Waals surface area contributed by atoms with E-state index in [1.807, 2.05) is 0 Å². The summed E-state index contributed by atoms with van der Waals surface area (Å²) in [6.45, 7) is 1.85. The number of nitrogens with two attached hydrogens (primary N) is 1. The van der Waals surface area contributed by atoms with Crippen LogP contribution in [0.1, 0.15) is 22.1 Å². The van der Waals surface area contributed by atoms with Gasteiger partial charge in [-0.15, -0.1) is 0 Å². The van der Waals surface area contributed by atoms with Crippen LogP contribution in [0.5, 0.6) is 0 Å². The molecule has 0 saturated heterocycles. The van der Waals surface area contributed by atoms with E-state index in [0.29, 0.717) is 28.0 Å². The molecule has 6 nitrogen and oxygen atoms in total. The zero-order valence-electron chi connectivity index (χ0n) is 9.61. The van der Waals surface area contributed by atoms with Gasteiger partial charge in [-0.25, -0.2) is 0 Å². The first-order valence-corrected chi connectivity index (χ1v) is 5.56. The van der Waals surface area contributed by atoms with Gasteiger partial charge in [0, 0.05) is 17.6 Å². The number of hydrogen-bond acceptors (Lipinski definition) is 5. The Bertz CT molecular complexity index is 582. The molecule has 1 aromatic heterocycles. The van der Waals surface area contributed by atoms with E-state index in [1.165, 1.54) is 6.07 Å². The van der Waals surface area contributed by atoms with E-state index >= 15 is 0 Å². The van der Waals surface area contributed by atoms with Gasteiger partial charge >= 0.3 is 0 Å². The van der Waals surface area contributed by atoms with Crippen molar-refractivity contribution < 1.29 is 9.32 Å². The number of aryl methyl sites for hydroxylation is 1. The topological polar surface area (TPSA) is 94.0 Å². The van der Waals surface area contributed by atoms with Gasteiger partial charge in [0.25, 0.3) is 5.91 Å². The monoisotopic (exact) mass is 266 g/mol. The molecular formula is C11H11ClN4O2. The van der Waals surface area contributed by atoms with Gasteiger partial charge in [-0.3, -0.25) is 4.79 Å². The molecule has 0 unspecified atom stereocenters. The molecule has 94 valence electrons. The lowest BCUT2D eigenvalue weighted by atomic mass is 10.1. The quantitative estimate of drug-likeness (QED) is 0.822. The molecule has 18 heavy (non-hydrogen) atoms. The fourth-order valence-corrected chi connectivity index (χ4v) is 1.59. The van der Waals surface area contributed by atoms with E-state index in [2.05, 4.69) is 15.5 Å². The standard InChI is InChI=1S/C11H11ClN4O2/c1-6-15-10(16-18-6)5-14-11(17)8-3-2-7(12)4-9(8)13/h2-4H,5,13H2,1H3,(H,14,17). The highest BCUT2D eigenvalue weighted by Gasteiger charge is 2.11. The second kappa shape index (κ2) is 5.05. The van der Waals surface area contributed by atoms with E-state index in [9.17, 15) is 4.79 Å². The van der Waals surface area contributed by atoms with Crippen LogP contribution in [-0.4, -0.2) is 16.0 Å². The van der Waals surface area contributed by atoms with Gasteiger partial charge in [-0.2, -0.15) is 4.98 Å². The van der Waals surface area contributed by atoms with Crippen LogP contribution in [0.3, 0.4) is 0 Å². The molecule has 0 saturated carbocycles. The molecule has 3 N–H and O–H groups in total. The molecule has 2 rings (SSSR count). The zero-order valence-corrected chi connectivity index (χ0v) is 10.4. The Kier molecular flexibility index (Phi) is 3.47. The van der Waals surface area contributed by atoms with Crippen LogP contribution >= 0.6 is 11.6 Å². The third-order valence-corrected chi connectivity index (χ3v) is 2.47. The Morgan fingerprint density at radius 1 is 1.56 bits per heavy atom. The molecule has 0 radical (unpaired) electrons. The summed E-state index contributed by atoms with van der Waals surface area (Å²) in [5.74, 6) is 0.547. The summed E-state index contributed by atoms with van der Waals surface area (Å²) in [5, 5.41) is 6.79. The average Bonchev–Trinajstić information content (AvgIpc) is 2.72. The highest BCUT2D eigenvalue weighted by atomic mass is 35.5. The lowest BCUT2D eigenvalue weighted by molar-refractivity contribution is 0.0950. The lowest BCUT2D eigenvalue weighted by Gasteiger charge is -2.05. The minimum atomic E-state index is -0.313. The third-order valence-electron chi connectivity index (χ3n) is 2.23. The van der Waals surface area contributed by atoms with Gasteiger partial charge in [0.05, 0.1) is 12.1 Å². The van der Waals surface area contributed by atoms with Crippen LogP contribution in [0.15, 0.2) is 22.7 Å².